The second-order valence-electron chi connectivity index (χ2n) is 4.57. The predicted molar refractivity (Wildman–Crippen MR) is 78.6 cm³/mol. The van der Waals surface area contributed by atoms with Crippen LogP contribution in [0.25, 0.3) is 0 Å². The summed E-state index contributed by atoms with van der Waals surface area (Å²) in [5.74, 6) is 0.269. The molecule has 22 heavy (non-hydrogen) atoms. The van der Waals surface area contributed by atoms with Gasteiger partial charge in [-0.1, -0.05) is 18.2 Å². The highest BCUT2D eigenvalue weighted by atomic mass is 16.6. The summed E-state index contributed by atoms with van der Waals surface area (Å²) in [4.78, 5) is 25.3. The molecule has 2 rings (SSSR count). The van der Waals surface area contributed by atoms with Crippen molar-refractivity contribution in [3.05, 3.63) is 52.5 Å². The van der Waals surface area contributed by atoms with Gasteiger partial charge in [-0.15, -0.1) is 0 Å². The zero-order valence-electron chi connectivity index (χ0n) is 12.1. The zero-order valence-corrected chi connectivity index (χ0v) is 12.1. The molecule has 0 saturated heterocycles. The van der Waals surface area contributed by atoms with Crippen molar-refractivity contribution in [3.8, 4) is 5.75 Å². The number of ether oxygens (including phenoxy) is 1. The lowest BCUT2D eigenvalue weighted by Crippen LogP contribution is -2.29. The topological polar surface area (TPSA) is 99.3 Å². The molecule has 1 aromatic heterocycles. The van der Waals surface area contributed by atoms with Crippen molar-refractivity contribution >= 4 is 11.7 Å². The molecule has 0 aliphatic heterocycles. The summed E-state index contributed by atoms with van der Waals surface area (Å²) < 4.78 is 6.61. The third kappa shape index (κ3) is 4.05. The number of hydrogen-bond donors (Lipinski definition) is 1. The standard InChI is InChI=1S/C14H16N4O4/c1-22-12-5-3-2-4-11(12)6-7-15-14(19)9-17-8-13(16-10-17)18(20)21/h2-5,8,10H,6-7,9H2,1H3,(H,15,19). The van der Waals surface area contributed by atoms with E-state index in [1.807, 2.05) is 24.3 Å². The van der Waals surface area contributed by atoms with E-state index in [1.54, 1.807) is 7.11 Å². The van der Waals surface area contributed by atoms with Gasteiger partial charge in [-0.25, -0.2) is 0 Å². The maximum Gasteiger partial charge on any atom is 0.381 e. The Labute approximate surface area is 126 Å². The van der Waals surface area contributed by atoms with Crippen molar-refractivity contribution in [2.75, 3.05) is 13.7 Å². The highest BCUT2D eigenvalue weighted by Crippen LogP contribution is 2.17. The van der Waals surface area contributed by atoms with Crippen molar-refractivity contribution < 1.29 is 14.5 Å². The van der Waals surface area contributed by atoms with E-state index in [-0.39, 0.29) is 18.3 Å². The lowest BCUT2D eigenvalue weighted by molar-refractivity contribution is -0.389. The fraction of sp³-hybridized carbons (Fsp3) is 0.286. The number of aromatic nitrogens is 2. The monoisotopic (exact) mass is 304 g/mol. The molecule has 0 spiro atoms. The Hall–Kier alpha value is -2.90. The second-order valence-corrected chi connectivity index (χ2v) is 4.57. The minimum atomic E-state index is -0.601. The number of hydrogen-bond acceptors (Lipinski definition) is 5. The van der Waals surface area contributed by atoms with Crippen LogP contribution in [0.5, 0.6) is 5.75 Å². The Kier molecular flexibility index (Phi) is 5.07. The van der Waals surface area contributed by atoms with Crippen molar-refractivity contribution in [3.63, 3.8) is 0 Å². The third-order valence-corrected chi connectivity index (χ3v) is 3.04. The molecule has 0 saturated carbocycles. The normalized spacial score (nSPS) is 10.2. The van der Waals surface area contributed by atoms with Gasteiger partial charge in [0, 0.05) is 6.54 Å². The lowest BCUT2D eigenvalue weighted by Gasteiger charge is -2.09. The maximum absolute atomic E-state index is 11.8. The third-order valence-electron chi connectivity index (χ3n) is 3.04. The summed E-state index contributed by atoms with van der Waals surface area (Å²) in [6.45, 7) is 0.447. The molecule has 0 aliphatic carbocycles. The summed E-state index contributed by atoms with van der Waals surface area (Å²) in [5, 5.41) is 13.3. The molecule has 0 unspecified atom stereocenters. The van der Waals surface area contributed by atoms with E-state index in [2.05, 4.69) is 10.3 Å². The number of imidazole rings is 1. The van der Waals surface area contributed by atoms with Gasteiger partial charge in [0.15, 0.2) is 0 Å². The number of methoxy groups -OCH3 is 1. The van der Waals surface area contributed by atoms with Crippen LogP contribution in [0.3, 0.4) is 0 Å². The molecule has 2 aromatic rings. The Morgan fingerprint density at radius 1 is 1.45 bits per heavy atom. The predicted octanol–water partition coefficient (Wildman–Crippen LogP) is 1.16. The molecule has 1 aromatic carbocycles. The van der Waals surface area contributed by atoms with Crippen LogP contribution >= 0.6 is 0 Å². The minimum Gasteiger partial charge on any atom is -0.496 e. The Balaban J connectivity index is 1.81. The number of amides is 1. The van der Waals surface area contributed by atoms with Crippen LogP contribution in [0.1, 0.15) is 5.56 Å². The summed E-state index contributed by atoms with van der Waals surface area (Å²) >= 11 is 0. The van der Waals surface area contributed by atoms with Crippen LogP contribution in [-0.2, 0) is 17.8 Å². The number of carbonyl (C=O) groups is 1. The van der Waals surface area contributed by atoms with Gasteiger partial charge in [0.1, 0.15) is 18.5 Å². The highest BCUT2D eigenvalue weighted by molar-refractivity contribution is 5.75. The molecule has 8 heteroatoms. The average molecular weight is 304 g/mol. The molecule has 0 aliphatic rings. The average Bonchev–Trinajstić information content (AvgIpc) is 2.96. The van der Waals surface area contributed by atoms with Crippen LogP contribution in [-0.4, -0.2) is 34.0 Å². The molecule has 0 fully saturated rings. The summed E-state index contributed by atoms with van der Waals surface area (Å²) in [7, 11) is 1.60. The van der Waals surface area contributed by atoms with Gasteiger partial charge in [0.2, 0.25) is 12.2 Å². The number of nitrogens with one attached hydrogen (secondary N) is 1. The van der Waals surface area contributed by atoms with Gasteiger partial charge >= 0.3 is 5.82 Å². The molecule has 116 valence electrons. The smallest absolute Gasteiger partial charge is 0.381 e. The Morgan fingerprint density at radius 3 is 2.91 bits per heavy atom. The quantitative estimate of drug-likeness (QED) is 0.611. The van der Waals surface area contributed by atoms with Crippen LogP contribution in [0, 0.1) is 10.1 Å². The molecule has 0 atom stereocenters. The first-order valence-electron chi connectivity index (χ1n) is 6.65. The van der Waals surface area contributed by atoms with Gasteiger partial charge in [0.25, 0.3) is 0 Å². The van der Waals surface area contributed by atoms with E-state index in [0.717, 1.165) is 11.3 Å². The van der Waals surface area contributed by atoms with Crippen LogP contribution in [0.4, 0.5) is 5.82 Å². The molecule has 0 bridgehead atoms. The SMILES string of the molecule is COc1ccccc1CCNC(=O)Cn1cnc([N+](=O)[O-])c1. The van der Waals surface area contributed by atoms with Crippen LogP contribution in [0.2, 0.25) is 0 Å². The molecular weight excluding hydrogens is 288 g/mol. The van der Waals surface area contributed by atoms with Crippen molar-refractivity contribution in [1.82, 2.24) is 14.9 Å². The molecule has 1 amide bonds. The summed E-state index contributed by atoms with van der Waals surface area (Å²) in [6.07, 6.45) is 3.12. The molecule has 1 N–H and O–H groups in total. The minimum absolute atomic E-state index is 0.00718. The Morgan fingerprint density at radius 2 is 2.23 bits per heavy atom. The van der Waals surface area contributed by atoms with E-state index in [0.29, 0.717) is 13.0 Å². The van der Waals surface area contributed by atoms with Gasteiger partial charge in [0.05, 0.1) is 7.11 Å². The first kappa shape index (κ1) is 15.5. The number of nitrogens with zero attached hydrogens (tertiary/aromatic N) is 3. The number of rotatable bonds is 7. The van der Waals surface area contributed by atoms with Crippen molar-refractivity contribution in [2.24, 2.45) is 0 Å². The number of para-hydroxylation sites is 1. The number of carbonyl (C=O) groups excluding carboxylic acids is 1. The van der Waals surface area contributed by atoms with Gasteiger partial charge in [-0.3, -0.25) is 4.79 Å². The van der Waals surface area contributed by atoms with Crippen molar-refractivity contribution in [2.45, 2.75) is 13.0 Å². The fourth-order valence-corrected chi connectivity index (χ4v) is 2.00. The van der Waals surface area contributed by atoms with E-state index in [4.69, 9.17) is 4.74 Å². The molecular formula is C14H16N4O4. The molecule has 0 radical (unpaired) electrons. The van der Waals surface area contributed by atoms with E-state index in [9.17, 15) is 14.9 Å². The zero-order chi connectivity index (χ0) is 15.9. The summed E-state index contributed by atoms with van der Waals surface area (Å²) in [5.41, 5.74) is 1.00. The fourth-order valence-electron chi connectivity index (χ4n) is 2.00. The summed E-state index contributed by atoms with van der Waals surface area (Å²) in [6, 6.07) is 7.59. The van der Waals surface area contributed by atoms with E-state index < -0.39 is 4.92 Å². The lowest BCUT2D eigenvalue weighted by atomic mass is 10.1. The molecule has 1 heterocycles. The Bertz CT molecular complexity index is 668. The van der Waals surface area contributed by atoms with Gasteiger partial charge < -0.3 is 24.7 Å². The highest BCUT2D eigenvalue weighted by Gasteiger charge is 2.12. The van der Waals surface area contributed by atoms with E-state index in [1.165, 1.54) is 17.1 Å². The van der Waals surface area contributed by atoms with Crippen LogP contribution < -0.4 is 10.1 Å². The van der Waals surface area contributed by atoms with Crippen molar-refractivity contribution in [1.29, 1.82) is 0 Å². The van der Waals surface area contributed by atoms with Gasteiger partial charge in [-0.2, -0.15) is 0 Å². The first-order valence-corrected chi connectivity index (χ1v) is 6.65. The van der Waals surface area contributed by atoms with E-state index >= 15 is 0 Å². The number of nitro groups is 1. The maximum atomic E-state index is 11.8. The molecule has 8 nitrogen and oxygen atoms in total. The van der Waals surface area contributed by atoms with Gasteiger partial charge in [-0.05, 0) is 28.0 Å². The first-order chi connectivity index (χ1) is 10.6. The largest absolute Gasteiger partial charge is 0.496 e. The number of benzene rings is 1. The van der Waals surface area contributed by atoms with Crippen LogP contribution in [0.15, 0.2) is 36.8 Å². The second kappa shape index (κ2) is 7.21.